The zero-order chi connectivity index (χ0) is 31.3. The van der Waals surface area contributed by atoms with Crippen LogP contribution < -0.4 is 4.74 Å². The van der Waals surface area contributed by atoms with Crippen molar-refractivity contribution in [2.75, 3.05) is 6.26 Å². The maximum Gasteiger partial charge on any atom is 0.573 e. The maximum absolute atomic E-state index is 15.1. The van der Waals surface area contributed by atoms with Crippen molar-refractivity contribution in [3.63, 3.8) is 0 Å². The van der Waals surface area contributed by atoms with Crippen LogP contribution in [-0.4, -0.2) is 45.6 Å². The minimum absolute atomic E-state index is 0.0144. The van der Waals surface area contributed by atoms with Crippen LogP contribution in [0.25, 0.3) is 33.8 Å². The van der Waals surface area contributed by atoms with Crippen molar-refractivity contribution in [3.8, 4) is 39.5 Å². The van der Waals surface area contributed by atoms with Gasteiger partial charge < -0.3 is 9.30 Å². The molecule has 0 aliphatic carbocycles. The molecule has 0 saturated heterocycles. The first kappa shape index (κ1) is 29.8. The Hall–Kier alpha value is -4.73. The summed E-state index contributed by atoms with van der Waals surface area (Å²) in [5.74, 6) is -1.99. The van der Waals surface area contributed by atoms with Crippen molar-refractivity contribution in [2.45, 2.75) is 24.4 Å². The van der Waals surface area contributed by atoms with Crippen LogP contribution in [0.2, 0.25) is 0 Å². The first-order chi connectivity index (χ1) is 20.0. The molecule has 0 N–H and O–H groups in total. The summed E-state index contributed by atoms with van der Waals surface area (Å²) < 4.78 is 124. The smallest absolute Gasteiger partial charge is 0.406 e. The Kier molecular flexibility index (Phi) is 7.28. The lowest BCUT2D eigenvalue weighted by Crippen LogP contribution is -2.17. The minimum atomic E-state index is -5.06. The van der Waals surface area contributed by atoms with Gasteiger partial charge in [0.2, 0.25) is 0 Å². The van der Waals surface area contributed by atoms with Crippen LogP contribution in [0.1, 0.15) is 11.5 Å². The molecule has 0 amide bonds. The highest BCUT2D eigenvalue weighted by molar-refractivity contribution is 7.90. The summed E-state index contributed by atoms with van der Waals surface area (Å²) in [7, 11) is -3.59. The van der Waals surface area contributed by atoms with E-state index in [1.165, 1.54) is 43.3 Å². The lowest BCUT2D eigenvalue weighted by atomic mass is 10.0. The molecule has 0 aliphatic heterocycles. The standard InChI is InChI=1S/C27H18F7N5O3S/c1-15-36-25(26(29,30)31)14-38(15)22-9-6-17(16-4-3-5-19(10-16)43(2,40)41)11-23(22)39-24(13-35-37-39)20-8-7-18(12-21(20)28)42-27(32,33)34/h3-14H,1-2H3. The van der Waals surface area contributed by atoms with E-state index in [-0.39, 0.29) is 33.4 Å². The lowest BCUT2D eigenvalue weighted by molar-refractivity contribution is -0.274. The van der Waals surface area contributed by atoms with Crippen LogP contribution >= 0.6 is 0 Å². The van der Waals surface area contributed by atoms with E-state index in [0.29, 0.717) is 17.2 Å². The van der Waals surface area contributed by atoms with E-state index in [2.05, 4.69) is 20.0 Å². The summed E-state index contributed by atoms with van der Waals surface area (Å²) >= 11 is 0. The summed E-state index contributed by atoms with van der Waals surface area (Å²) in [5.41, 5.74) is -0.469. The molecule has 5 rings (SSSR count). The van der Waals surface area contributed by atoms with Gasteiger partial charge in [-0.1, -0.05) is 23.4 Å². The third-order valence-electron chi connectivity index (χ3n) is 6.23. The molecule has 0 bridgehead atoms. The fourth-order valence-electron chi connectivity index (χ4n) is 4.33. The molecular weight excluding hydrogens is 607 g/mol. The molecule has 0 unspecified atom stereocenters. The Morgan fingerprint density at radius 3 is 2.23 bits per heavy atom. The van der Waals surface area contributed by atoms with Crippen LogP contribution in [0.15, 0.2) is 78.0 Å². The molecule has 43 heavy (non-hydrogen) atoms. The zero-order valence-electron chi connectivity index (χ0n) is 21.9. The number of halogens is 7. The number of imidazole rings is 1. The molecule has 0 atom stereocenters. The van der Waals surface area contributed by atoms with E-state index in [1.54, 1.807) is 6.07 Å². The van der Waals surface area contributed by atoms with Gasteiger partial charge in [-0.15, -0.1) is 18.3 Å². The van der Waals surface area contributed by atoms with Gasteiger partial charge in [0.05, 0.1) is 28.2 Å². The predicted octanol–water partition coefficient (Wildman–Crippen LogP) is 6.56. The van der Waals surface area contributed by atoms with Gasteiger partial charge >= 0.3 is 12.5 Å². The summed E-state index contributed by atoms with van der Waals surface area (Å²) in [5, 5.41) is 7.78. The van der Waals surface area contributed by atoms with Crippen LogP contribution in [-0.2, 0) is 16.0 Å². The summed E-state index contributed by atoms with van der Waals surface area (Å²) in [4.78, 5) is 3.61. The Balaban J connectivity index is 1.71. The maximum atomic E-state index is 15.1. The quantitative estimate of drug-likeness (QED) is 0.199. The average molecular weight is 626 g/mol. The molecule has 3 aromatic carbocycles. The van der Waals surface area contributed by atoms with E-state index in [4.69, 9.17) is 0 Å². The minimum Gasteiger partial charge on any atom is -0.406 e. The summed E-state index contributed by atoms with van der Waals surface area (Å²) in [6.45, 7) is 1.34. The van der Waals surface area contributed by atoms with Crippen LogP contribution in [0.4, 0.5) is 30.7 Å². The Labute approximate surface area is 238 Å². The van der Waals surface area contributed by atoms with Gasteiger partial charge in [0.25, 0.3) is 0 Å². The van der Waals surface area contributed by atoms with E-state index < -0.39 is 39.6 Å². The average Bonchev–Trinajstić information content (AvgIpc) is 3.54. The third kappa shape index (κ3) is 6.23. The van der Waals surface area contributed by atoms with E-state index in [9.17, 15) is 34.8 Å². The summed E-state index contributed by atoms with van der Waals surface area (Å²) in [6.07, 6.45) is -6.91. The van der Waals surface area contributed by atoms with Crippen molar-refractivity contribution in [1.29, 1.82) is 0 Å². The van der Waals surface area contributed by atoms with Gasteiger partial charge in [0.1, 0.15) is 17.4 Å². The number of nitrogens with zero attached hydrogens (tertiary/aromatic N) is 5. The fraction of sp³-hybridized carbons (Fsp3) is 0.148. The van der Waals surface area contributed by atoms with Crippen molar-refractivity contribution in [1.82, 2.24) is 24.5 Å². The number of aryl methyl sites for hydroxylation is 1. The highest BCUT2D eigenvalue weighted by atomic mass is 32.2. The Bertz CT molecular complexity index is 1950. The Morgan fingerprint density at radius 2 is 1.60 bits per heavy atom. The Morgan fingerprint density at radius 1 is 0.884 bits per heavy atom. The van der Waals surface area contributed by atoms with E-state index in [0.717, 1.165) is 40.0 Å². The summed E-state index contributed by atoms with van der Waals surface area (Å²) in [6, 6.07) is 12.8. The van der Waals surface area contributed by atoms with Crippen LogP contribution in [0, 0.1) is 12.7 Å². The first-order valence-corrected chi connectivity index (χ1v) is 14.0. The molecule has 0 saturated carbocycles. The highest BCUT2D eigenvalue weighted by Crippen LogP contribution is 2.35. The normalized spacial score (nSPS) is 12.5. The number of sulfone groups is 1. The van der Waals surface area contributed by atoms with Crippen LogP contribution in [0.3, 0.4) is 0 Å². The molecular formula is C27H18F7N5O3S. The fourth-order valence-corrected chi connectivity index (χ4v) is 5.00. The molecule has 0 aliphatic rings. The number of alkyl halides is 6. The van der Waals surface area contributed by atoms with E-state index >= 15 is 4.39 Å². The highest BCUT2D eigenvalue weighted by Gasteiger charge is 2.35. The van der Waals surface area contributed by atoms with Crippen molar-refractivity contribution in [3.05, 3.63) is 90.4 Å². The second-order valence-corrected chi connectivity index (χ2v) is 11.3. The van der Waals surface area contributed by atoms with Gasteiger partial charge in [-0.2, -0.15) is 13.2 Å². The molecule has 16 heteroatoms. The van der Waals surface area contributed by atoms with Gasteiger partial charge in [0.15, 0.2) is 15.5 Å². The van der Waals surface area contributed by atoms with Gasteiger partial charge in [0, 0.05) is 24.1 Å². The SMILES string of the molecule is Cc1nc(C(F)(F)F)cn1-c1ccc(-c2cccc(S(C)(=O)=O)c2)cc1-n1nncc1-c1ccc(OC(F)(F)F)cc1F. The molecule has 224 valence electrons. The van der Waals surface area contributed by atoms with Crippen molar-refractivity contribution in [2.24, 2.45) is 0 Å². The predicted molar refractivity (Wildman–Crippen MR) is 139 cm³/mol. The molecule has 2 aromatic heterocycles. The number of hydrogen-bond donors (Lipinski definition) is 0. The topological polar surface area (TPSA) is 91.9 Å². The second-order valence-electron chi connectivity index (χ2n) is 9.27. The van der Waals surface area contributed by atoms with E-state index in [1.807, 2.05) is 0 Å². The lowest BCUT2D eigenvalue weighted by Gasteiger charge is -2.16. The molecule has 8 nitrogen and oxygen atoms in total. The first-order valence-electron chi connectivity index (χ1n) is 12.1. The van der Waals surface area contributed by atoms with Gasteiger partial charge in [-0.25, -0.2) is 22.5 Å². The number of benzene rings is 3. The molecule has 0 radical (unpaired) electrons. The monoisotopic (exact) mass is 625 g/mol. The van der Waals surface area contributed by atoms with Gasteiger partial charge in [-0.3, -0.25) is 0 Å². The molecule has 0 spiro atoms. The number of hydrogen-bond acceptors (Lipinski definition) is 6. The second kappa shape index (κ2) is 10.5. The number of aromatic nitrogens is 5. The van der Waals surface area contributed by atoms with Crippen molar-refractivity contribution < 1.29 is 43.9 Å². The van der Waals surface area contributed by atoms with Crippen molar-refractivity contribution >= 4 is 9.84 Å². The number of rotatable bonds is 6. The molecule has 0 fully saturated rings. The zero-order valence-corrected chi connectivity index (χ0v) is 22.8. The van der Waals surface area contributed by atoms with Gasteiger partial charge in [-0.05, 0) is 54.4 Å². The molecule has 5 aromatic rings. The van der Waals surface area contributed by atoms with Crippen LogP contribution in [0.5, 0.6) is 5.75 Å². The number of ether oxygens (including phenoxy) is 1. The molecule has 2 heterocycles. The largest absolute Gasteiger partial charge is 0.573 e. The third-order valence-corrected chi connectivity index (χ3v) is 7.34.